The number of nitrogens with one attached hydrogen (secondary N) is 1. The standard InChI is InChI=1S/C23H31N3O3S/c1-6-19-17(4)30-22(21(19)23(28)29-5)24-20(27)14-25-11-12-26(16(3)13-25)18-9-7-15(2)8-10-18/h7-10,16H,6,11-14H2,1-5H3,(H,24,27). The lowest BCUT2D eigenvalue weighted by Crippen LogP contribution is -2.53. The van der Waals surface area contributed by atoms with E-state index in [1.54, 1.807) is 0 Å². The van der Waals surface area contributed by atoms with Crippen molar-refractivity contribution in [2.45, 2.75) is 40.2 Å². The molecule has 1 saturated heterocycles. The van der Waals surface area contributed by atoms with Gasteiger partial charge in [-0.2, -0.15) is 0 Å². The van der Waals surface area contributed by atoms with E-state index in [4.69, 9.17) is 4.74 Å². The number of rotatable bonds is 6. The summed E-state index contributed by atoms with van der Waals surface area (Å²) in [5.74, 6) is -0.494. The van der Waals surface area contributed by atoms with E-state index < -0.39 is 5.97 Å². The number of methoxy groups -OCH3 is 1. The number of benzene rings is 1. The fraction of sp³-hybridized carbons (Fsp3) is 0.478. The minimum Gasteiger partial charge on any atom is -0.465 e. The van der Waals surface area contributed by atoms with Crippen LogP contribution in [-0.4, -0.2) is 56.1 Å². The van der Waals surface area contributed by atoms with Gasteiger partial charge in [0.05, 0.1) is 19.2 Å². The van der Waals surface area contributed by atoms with E-state index in [0.717, 1.165) is 36.5 Å². The van der Waals surface area contributed by atoms with Crippen LogP contribution in [0, 0.1) is 13.8 Å². The second kappa shape index (κ2) is 9.62. The predicted molar refractivity (Wildman–Crippen MR) is 123 cm³/mol. The molecule has 0 radical (unpaired) electrons. The van der Waals surface area contributed by atoms with Crippen LogP contribution in [0.5, 0.6) is 0 Å². The molecule has 0 spiro atoms. The number of esters is 1. The molecule has 7 heteroatoms. The van der Waals surface area contributed by atoms with E-state index in [2.05, 4.69) is 53.2 Å². The molecule has 6 nitrogen and oxygen atoms in total. The Labute approximate surface area is 182 Å². The van der Waals surface area contributed by atoms with Gasteiger partial charge in [0.15, 0.2) is 0 Å². The van der Waals surface area contributed by atoms with Crippen molar-refractivity contribution in [3.8, 4) is 0 Å². The molecular formula is C23H31N3O3S. The van der Waals surface area contributed by atoms with Gasteiger partial charge in [-0.25, -0.2) is 4.79 Å². The van der Waals surface area contributed by atoms with Crippen LogP contribution in [0.4, 0.5) is 10.7 Å². The number of ether oxygens (including phenoxy) is 1. The summed E-state index contributed by atoms with van der Waals surface area (Å²) in [4.78, 5) is 30.6. The lowest BCUT2D eigenvalue weighted by atomic mass is 10.1. The first-order chi connectivity index (χ1) is 14.3. The largest absolute Gasteiger partial charge is 0.465 e. The van der Waals surface area contributed by atoms with Crippen LogP contribution in [0.1, 0.15) is 40.2 Å². The molecule has 30 heavy (non-hydrogen) atoms. The quantitative estimate of drug-likeness (QED) is 0.707. The van der Waals surface area contributed by atoms with Gasteiger partial charge in [-0.1, -0.05) is 24.6 Å². The van der Waals surface area contributed by atoms with Crippen molar-refractivity contribution in [2.75, 3.05) is 43.5 Å². The molecular weight excluding hydrogens is 398 g/mol. The Morgan fingerprint density at radius 1 is 1.20 bits per heavy atom. The van der Waals surface area contributed by atoms with E-state index in [-0.39, 0.29) is 5.91 Å². The van der Waals surface area contributed by atoms with Crippen LogP contribution in [0.15, 0.2) is 24.3 Å². The zero-order chi connectivity index (χ0) is 21.8. The molecule has 2 heterocycles. The minimum atomic E-state index is -0.396. The monoisotopic (exact) mass is 429 g/mol. The zero-order valence-corrected chi connectivity index (χ0v) is 19.3. The molecule has 3 rings (SSSR count). The van der Waals surface area contributed by atoms with Gasteiger partial charge >= 0.3 is 5.97 Å². The Hall–Kier alpha value is -2.38. The second-order valence-electron chi connectivity index (χ2n) is 7.85. The van der Waals surface area contributed by atoms with Crippen molar-refractivity contribution in [3.63, 3.8) is 0 Å². The molecule has 1 aliphatic heterocycles. The van der Waals surface area contributed by atoms with E-state index >= 15 is 0 Å². The molecule has 1 aromatic carbocycles. The minimum absolute atomic E-state index is 0.0972. The van der Waals surface area contributed by atoms with Crippen LogP contribution < -0.4 is 10.2 Å². The van der Waals surface area contributed by atoms with Crippen molar-refractivity contribution >= 4 is 33.9 Å². The maximum atomic E-state index is 12.7. The summed E-state index contributed by atoms with van der Waals surface area (Å²) >= 11 is 1.44. The van der Waals surface area contributed by atoms with E-state index in [9.17, 15) is 9.59 Å². The third-order valence-electron chi connectivity index (χ3n) is 5.65. The van der Waals surface area contributed by atoms with Gasteiger partial charge in [0, 0.05) is 36.2 Å². The van der Waals surface area contributed by atoms with Crippen LogP contribution in [-0.2, 0) is 16.0 Å². The summed E-state index contributed by atoms with van der Waals surface area (Å²) in [6.07, 6.45) is 0.723. The molecule has 0 saturated carbocycles. The normalized spacial score (nSPS) is 17.1. The predicted octanol–water partition coefficient (Wildman–Crippen LogP) is 3.86. The average molecular weight is 430 g/mol. The highest BCUT2D eigenvalue weighted by molar-refractivity contribution is 7.16. The lowest BCUT2D eigenvalue weighted by Gasteiger charge is -2.41. The Morgan fingerprint density at radius 2 is 1.90 bits per heavy atom. The van der Waals surface area contributed by atoms with E-state index in [0.29, 0.717) is 23.2 Å². The topological polar surface area (TPSA) is 61.9 Å². The number of hydrogen-bond donors (Lipinski definition) is 1. The molecule has 1 aromatic heterocycles. The summed E-state index contributed by atoms with van der Waals surface area (Å²) < 4.78 is 4.94. The summed E-state index contributed by atoms with van der Waals surface area (Å²) in [6, 6.07) is 8.90. The van der Waals surface area contributed by atoms with Gasteiger partial charge in [-0.3, -0.25) is 9.69 Å². The number of hydrogen-bond acceptors (Lipinski definition) is 6. The Balaban J connectivity index is 1.63. The Kier molecular flexibility index (Phi) is 7.15. The van der Waals surface area contributed by atoms with Crippen LogP contribution in [0.3, 0.4) is 0 Å². The Morgan fingerprint density at radius 3 is 2.50 bits per heavy atom. The fourth-order valence-electron chi connectivity index (χ4n) is 4.08. The first-order valence-electron chi connectivity index (χ1n) is 10.4. The van der Waals surface area contributed by atoms with Crippen molar-refractivity contribution in [1.29, 1.82) is 0 Å². The molecule has 162 valence electrons. The molecule has 1 aliphatic rings. The van der Waals surface area contributed by atoms with Crippen LogP contribution in [0.2, 0.25) is 0 Å². The third kappa shape index (κ3) is 4.84. The van der Waals surface area contributed by atoms with Crippen molar-refractivity contribution in [3.05, 3.63) is 45.8 Å². The number of amides is 1. The van der Waals surface area contributed by atoms with E-state index in [1.165, 1.54) is 29.7 Å². The zero-order valence-electron chi connectivity index (χ0n) is 18.4. The molecule has 1 unspecified atom stereocenters. The number of anilines is 2. The second-order valence-corrected chi connectivity index (χ2v) is 9.07. The van der Waals surface area contributed by atoms with Gasteiger partial charge in [-0.05, 0) is 44.9 Å². The number of nitrogens with zero attached hydrogens (tertiary/aromatic N) is 2. The summed E-state index contributed by atoms with van der Waals surface area (Å²) in [6.45, 7) is 11.1. The van der Waals surface area contributed by atoms with Gasteiger partial charge < -0.3 is 15.0 Å². The highest BCUT2D eigenvalue weighted by atomic mass is 32.1. The summed E-state index contributed by atoms with van der Waals surface area (Å²) in [5.41, 5.74) is 3.92. The number of carbonyl (C=O) groups excluding carboxylic acids is 2. The highest BCUT2D eigenvalue weighted by Gasteiger charge is 2.27. The molecule has 1 amide bonds. The first kappa shape index (κ1) is 22.3. The first-order valence-corrected chi connectivity index (χ1v) is 11.2. The molecule has 0 aliphatic carbocycles. The number of carbonyl (C=O) groups is 2. The van der Waals surface area contributed by atoms with E-state index in [1.807, 2.05) is 13.8 Å². The van der Waals surface area contributed by atoms with Crippen LogP contribution in [0.25, 0.3) is 0 Å². The summed E-state index contributed by atoms with van der Waals surface area (Å²) in [7, 11) is 1.37. The number of thiophene rings is 1. The smallest absolute Gasteiger partial charge is 0.341 e. The molecule has 1 N–H and O–H groups in total. The molecule has 1 atom stereocenters. The number of piperazine rings is 1. The average Bonchev–Trinajstić information content (AvgIpc) is 3.03. The van der Waals surface area contributed by atoms with Gasteiger partial charge in [0.2, 0.25) is 5.91 Å². The van der Waals surface area contributed by atoms with Gasteiger partial charge in [0.1, 0.15) is 5.00 Å². The Bertz CT molecular complexity index is 907. The van der Waals surface area contributed by atoms with Gasteiger partial charge in [0.25, 0.3) is 0 Å². The van der Waals surface area contributed by atoms with Gasteiger partial charge in [-0.15, -0.1) is 11.3 Å². The lowest BCUT2D eigenvalue weighted by molar-refractivity contribution is -0.117. The van der Waals surface area contributed by atoms with Crippen molar-refractivity contribution in [2.24, 2.45) is 0 Å². The molecule has 2 aromatic rings. The fourth-order valence-corrected chi connectivity index (χ4v) is 5.23. The molecule has 1 fully saturated rings. The highest BCUT2D eigenvalue weighted by Crippen LogP contribution is 2.34. The number of aryl methyl sites for hydroxylation is 2. The summed E-state index contributed by atoms with van der Waals surface area (Å²) in [5, 5.41) is 3.55. The maximum Gasteiger partial charge on any atom is 0.341 e. The third-order valence-corrected chi connectivity index (χ3v) is 6.71. The van der Waals surface area contributed by atoms with Crippen molar-refractivity contribution in [1.82, 2.24) is 4.90 Å². The van der Waals surface area contributed by atoms with Crippen LogP contribution >= 0.6 is 11.3 Å². The van der Waals surface area contributed by atoms with Crippen molar-refractivity contribution < 1.29 is 14.3 Å². The maximum absolute atomic E-state index is 12.7. The SMILES string of the molecule is CCc1c(C)sc(NC(=O)CN2CCN(c3ccc(C)cc3)C(C)C2)c1C(=O)OC. The molecule has 0 bridgehead atoms.